The third kappa shape index (κ3) is 4.82. The fraction of sp³-hybridized carbons (Fsp3) is 0.269. The molecule has 4 rings (SSSR count). The van der Waals surface area contributed by atoms with Gasteiger partial charge >= 0.3 is 0 Å². The Balaban J connectivity index is 1.56. The molecule has 0 saturated carbocycles. The highest BCUT2D eigenvalue weighted by atomic mass is 16.2. The standard InChI is InChI=1S/C26H27N3O2/c1-19-5-3-6-20(15-19)18-25(30)29-14-13-28(2)26(31)24(29)17-21-7-4-8-23(16-21)22-9-11-27-12-10-22/h3-12,15-16,24H,13-14,17-18H2,1-2H3. The van der Waals surface area contributed by atoms with Gasteiger partial charge in [-0.25, -0.2) is 0 Å². The molecule has 158 valence electrons. The van der Waals surface area contributed by atoms with Gasteiger partial charge in [-0.1, -0.05) is 54.1 Å². The van der Waals surface area contributed by atoms with Gasteiger partial charge in [-0.05, 0) is 41.3 Å². The van der Waals surface area contributed by atoms with Crippen molar-refractivity contribution in [3.05, 3.63) is 89.7 Å². The first kappa shape index (κ1) is 20.8. The molecular weight excluding hydrogens is 386 g/mol. The molecule has 1 aromatic heterocycles. The summed E-state index contributed by atoms with van der Waals surface area (Å²) in [6, 6.07) is 19.6. The second-order valence-corrected chi connectivity index (χ2v) is 8.17. The van der Waals surface area contributed by atoms with Gasteiger partial charge in [0.1, 0.15) is 6.04 Å². The van der Waals surface area contributed by atoms with Gasteiger partial charge in [0.15, 0.2) is 0 Å². The minimum atomic E-state index is -0.483. The first-order valence-electron chi connectivity index (χ1n) is 10.6. The largest absolute Gasteiger partial charge is 0.342 e. The van der Waals surface area contributed by atoms with E-state index in [9.17, 15) is 9.59 Å². The van der Waals surface area contributed by atoms with Gasteiger partial charge in [0.25, 0.3) is 0 Å². The molecule has 0 N–H and O–H groups in total. The lowest BCUT2D eigenvalue weighted by molar-refractivity contribution is -0.149. The molecule has 2 aromatic carbocycles. The van der Waals surface area contributed by atoms with Crippen LogP contribution in [0.1, 0.15) is 16.7 Å². The molecule has 5 heteroatoms. The van der Waals surface area contributed by atoms with Gasteiger partial charge in [0, 0.05) is 39.0 Å². The van der Waals surface area contributed by atoms with Crippen LogP contribution in [0.15, 0.2) is 73.1 Å². The molecule has 0 radical (unpaired) electrons. The number of pyridine rings is 1. The fourth-order valence-corrected chi connectivity index (χ4v) is 4.15. The normalized spacial score (nSPS) is 16.5. The fourth-order valence-electron chi connectivity index (χ4n) is 4.15. The lowest BCUT2D eigenvalue weighted by atomic mass is 9.97. The molecule has 1 aliphatic rings. The van der Waals surface area contributed by atoms with Crippen molar-refractivity contribution in [2.45, 2.75) is 25.8 Å². The van der Waals surface area contributed by atoms with Crippen LogP contribution in [-0.2, 0) is 22.4 Å². The Bertz CT molecular complexity index is 1080. The van der Waals surface area contributed by atoms with E-state index in [4.69, 9.17) is 0 Å². The number of likely N-dealkylation sites (N-methyl/N-ethyl adjacent to an activating group) is 1. The summed E-state index contributed by atoms with van der Waals surface area (Å²) in [5.41, 5.74) is 5.31. The third-order valence-corrected chi connectivity index (χ3v) is 5.84. The topological polar surface area (TPSA) is 53.5 Å². The molecule has 0 spiro atoms. The van der Waals surface area contributed by atoms with Crippen LogP contribution < -0.4 is 0 Å². The lowest BCUT2D eigenvalue weighted by Gasteiger charge is -2.39. The molecule has 31 heavy (non-hydrogen) atoms. The predicted molar refractivity (Wildman–Crippen MR) is 121 cm³/mol. The summed E-state index contributed by atoms with van der Waals surface area (Å²) in [4.78, 5) is 33.8. The van der Waals surface area contributed by atoms with E-state index in [2.05, 4.69) is 11.1 Å². The summed E-state index contributed by atoms with van der Waals surface area (Å²) in [6.45, 7) is 3.14. The Kier molecular flexibility index (Phi) is 6.12. The van der Waals surface area contributed by atoms with E-state index in [1.165, 1.54) is 0 Å². The van der Waals surface area contributed by atoms with E-state index in [0.29, 0.717) is 25.9 Å². The van der Waals surface area contributed by atoms with Crippen LogP contribution >= 0.6 is 0 Å². The molecule has 3 aromatic rings. The van der Waals surface area contributed by atoms with Crippen LogP contribution in [0.2, 0.25) is 0 Å². The average molecular weight is 414 g/mol. The van der Waals surface area contributed by atoms with E-state index in [0.717, 1.165) is 27.8 Å². The van der Waals surface area contributed by atoms with E-state index in [-0.39, 0.29) is 11.8 Å². The number of rotatable bonds is 5. The molecule has 1 unspecified atom stereocenters. The van der Waals surface area contributed by atoms with Crippen molar-refractivity contribution in [2.75, 3.05) is 20.1 Å². The van der Waals surface area contributed by atoms with Gasteiger partial charge in [0.05, 0.1) is 6.42 Å². The summed E-state index contributed by atoms with van der Waals surface area (Å²) < 4.78 is 0. The summed E-state index contributed by atoms with van der Waals surface area (Å²) in [6.07, 6.45) is 4.36. The molecule has 1 fully saturated rings. The van der Waals surface area contributed by atoms with E-state index in [1.54, 1.807) is 22.2 Å². The average Bonchev–Trinajstić information content (AvgIpc) is 2.78. The van der Waals surface area contributed by atoms with E-state index in [1.807, 2.05) is 68.6 Å². The van der Waals surface area contributed by atoms with Crippen LogP contribution in [0.25, 0.3) is 11.1 Å². The highest BCUT2D eigenvalue weighted by molar-refractivity contribution is 5.89. The Morgan fingerprint density at radius 2 is 1.71 bits per heavy atom. The second kappa shape index (κ2) is 9.13. The zero-order valence-electron chi connectivity index (χ0n) is 18.0. The smallest absolute Gasteiger partial charge is 0.245 e. The SMILES string of the molecule is Cc1cccc(CC(=O)N2CCN(C)C(=O)C2Cc2cccc(-c3ccncc3)c2)c1. The second-order valence-electron chi connectivity index (χ2n) is 8.17. The van der Waals surface area contributed by atoms with Gasteiger partial charge in [-0.3, -0.25) is 14.6 Å². The summed E-state index contributed by atoms with van der Waals surface area (Å²) in [5.74, 6) is 0.000458. The monoisotopic (exact) mass is 413 g/mol. The van der Waals surface area contributed by atoms with Crippen molar-refractivity contribution >= 4 is 11.8 Å². The quantitative estimate of drug-likeness (QED) is 0.643. The number of hydrogen-bond donors (Lipinski definition) is 0. The molecule has 2 heterocycles. The first-order valence-corrected chi connectivity index (χ1v) is 10.6. The Morgan fingerprint density at radius 3 is 2.48 bits per heavy atom. The Morgan fingerprint density at radius 1 is 0.968 bits per heavy atom. The molecular formula is C26H27N3O2. The van der Waals surface area contributed by atoms with Crippen molar-refractivity contribution in [3.63, 3.8) is 0 Å². The summed E-state index contributed by atoms with van der Waals surface area (Å²) >= 11 is 0. The van der Waals surface area contributed by atoms with Crippen molar-refractivity contribution in [2.24, 2.45) is 0 Å². The zero-order valence-corrected chi connectivity index (χ0v) is 18.0. The maximum atomic E-state index is 13.2. The van der Waals surface area contributed by atoms with Gasteiger partial charge in [0.2, 0.25) is 11.8 Å². The summed E-state index contributed by atoms with van der Waals surface area (Å²) in [7, 11) is 1.81. The van der Waals surface area contributed by atoms with E-state index >= 15 is 0 Å². The number of aromatic nitrogens is 1. The van der Waals surface area contributed by atoms with Gasteiger partial charge in [-0.2, -0.15) is 0 Å². The van der Waals surface area contributed by atoms with Crippen LogP contribution in [0.3, 0.4) is 0 Å². The number of amides is 2. The number of benzene rings is 2. The van der Waals surface area contributed by atoms with Gasteiger partial charge < -0.3 is 9.80 Å². The number of carbonyl (C=O) groups excluding carboxylic acids is 2. The van der Waals surface area contributed by atoms with Crippen molar-refractivity contribution < 1.29 is 9.59 Å². The number of piperazine rings is 1. The predicted octanol–water partition coefficient (Wildman–Crippen LogP) is 3.51. The number of aryl methyl sites for hydroxylation is 1. The summed E-state index contributed by atoms with van der Waals surface area (Å²) in [5, 5.41) is 0. The Hall–Kier alpha value is -3.47. The molecule has 1 atom stereocenters. The number of hydrogen-bond acceptors (Lipinski definition) is 3. The molecule has 5 nitrogen and oxygen atoms in total. The van der Waals surface area contributed by atoms with Crippen LogP contribution in [0.4, 0.5) is 0 Å². The number of nitrogens with zero attached hydrogens (tertiary/aromatic N) is 3. The highest BCUT2D eigenvalue weighted by Crippen LogP contribution is 2.23. The van der Waals surface area contributed by atoms with Crippen molar-refractivity contribution in [1.82, 2.24) is 14.8 Å². The zero-order chi connectivity index (χ0) is 21.8. The minimum absolute atomic E-state index is 0.00171. The van der Waals surface area contributed by atoms with E-state index < -0.39 is 6.04 Å². The molecule has 1 saturated heterocycles. The lowest BCUT2D eigenvalue weighted by Crippen LogP contribution is -2.58. The minimum Gasteiger partial charge on any atom is -0.342 e. The van der Waals surface area contributed by atoms with Crippen molar-refractivity contribution in [1.29, 1.82) is 0 Å². The van der Waals surface area contributed by atoms with Crippen LogP contribution in [-0.4, -0.2) is 52.8 Å². The molecule has 0 aliphatic carbocycles. The highest BCUT2D eigenvalue weighted by Gasteiger charge is 2.35. The van der Waals surface area contributed by atoms with Gasteiger partial charge in [-0.15, -0.1) is 0 Å². The first-order chi connectivity index (χ1) is 15.0. The molecule has 2 amide bonds. The maximum absolute atomic E-state index is 13.2. The molecule has 1 aliphatic heterocycles. The third-order valence-electron chi connectivity index (χ3n) is 5.84. The van der Waals surface area contributed by atoms with Crippen molar-refractivity contribution in [3.8, 4) is 11.1 Å². The van der Waals surface area contributed by atoms with Crippen LogP contribution in [0, 0.1) is 6.92 Å². The molecule has 0 bridgehead atoms. The number of carbonyl (C=O) groups is 2. The Labute approximate surface area is 183 Å². The van der Waals surface area contributed by atoms with Crippen LogP contribution in [0.5, 0.6) is 0 Å². The maximum Gasteiger partial charge on any atom is 0.245 e.